The van der Waals surface area contributed by atoms with E-state index in [1.165, 1.54) is 10.5 Å². The Bertz CT molecular complexity index is 741. The van der Waals surface area contributed by atoms with Crippen molar-refractivity contribution in [2.75, 3.05) is 26.2 Å². The fraction of sp³-hybridized carbons (Fsp3) is 0.652. The Labute approximate surface area is 180 Å². The van der Waals surface area contributed by atoms with Crippen LogP contribution in [-0.4, -0.2) is 58.4 Å². The van der Waals surface area contributed by atoms with Crippen LogP contribution >= 0.6 is 11.6 Å². The van der Waals surface area contributed by atoms with E-state index in [4.69, 9.17) is 11.6 Å². The lowest BCUT2D eigenvalue weighted by molar-refractivity contribution is -0.136. The Morgan fingerprint density at radius 1 is 1.07 bits per heavy atom. The van der Waals surface area contributed by atoms with Crippen molar-refractivity contribution in [2.24, 2.45) is 11.8 Å². The SMILES string of the molecule is CC(C)CCN1C(=O)N(CC(C)C)C(=O)C12CCN(Cc1cccc(Cl)c1)CC2. The average Bonchev–Trinajstić information content (AvgIpc) is 2.83. The number of amides is 3. The molecule has 0 atom stereocenters. The lowest BCUT2D eigenvalue weighted by atomic mass is 9.85. The van der Waals surface area contributed by atoms with Gasteiger partial charge in [-0.1, -0.05) is 51.4 Å². The third-order valence-electron chi connectivity index (χ3n) is 6.08. The number of hydrogen-bond acceptors (Lipinski definition) is 3. The average molecular weight is 420 g/mol. The van der Waals surface area contributed by atoms with Gasteiger partial charge in [-0.3, -0.25) is 14.6 Å². The molecule has 2 heterocycles. The first kappa shape index (κ1) is 22.1. The van der Waals surface area contributed by atoms with Gasteiger partial charge in [0.05, 0.1) is 0 Å². The molecule has 6 heteroatoms. The zero-order valence-corrected chi connectivity index (χ0v) is 18.9. The van der Waals surface area contributed by atoms with Gasteiger partial charge >= 0.3 is 6.03 Å². The molecule has 1 spiro atoms. The van der Waals surface area contributed by atoms with Crippen molar-refractivity contribution in [2.45, 2.75) is 59.0 Å². The summed E-state index contributed by atoms with van der Waals surface area (Å²) < 4.78 is 0. The van der Waals surface area contributed by atoms with Crippen LogP contribution in [0.25, 0.3) is 0 Å². The molecule has 3 rings (SSSR count). The van der Waals surface area contributed by atoms with Crippen LogP contribution in [0.1, 0.15) is 52.5 Å². The molecule has 1 aromatic rings. The molecule has 160 valence electrons. The number of urea groups is 1. The summed E-state index contributed by atoms with van der Waals surface area (Å²) in [6.45, 7) is 12.0. The van der Waals surface area contributed by atoms with Crippen molar-refractivity contribution in [1.29, 1.82) is 0 Å². The Kier molecular flexibility index (Phi) is 6.90. The minimum absolute atomic E-state index is 0.0161. The summed E-state index contributed by atoms with van der Waals surface area (Å²) in [4.78, 5) is 32.3. The maximum atomic E-state index is 13.4. The van der Waals surface area contributed by atoms with E-state index in [9.17, 15) is 9.59 Å². The van der Waals surface area contributed by atoms with Crippen molar-refractivity contribution in [3.05, 3.63) is 34.9 Å². The van der Waals surface area contributed by atoms with E-state index >= 15 is 0 Å². The van der Waals surface area contributed by atoms with Gasteiger partial charge in [-0.15, -0.1) is 0 Å². The van der Waals surface area contributed by atoms with Crippen molar-refractivity contribution in [3.63, 3.8) is 0 Å². The molecule has 2 aliphatic rings. The minimum Gasteiger partial charge on any atom is -0.309 e. The highest BCUT2D eigenvalue weighted by Gasteiger charge is 2.57. The summed E-state index contributed by atoms with van der Waals surface area (Å²) in [6, 6.07) is 7.84. The molecule has 0 unspecified atom stereocenters. The quantitative estimate of drug-likeness (QED) is 0.604. The summed E-state index contributed by atoms with van der Waals surface area (Å²) >= 11 is 6.12. The van der Waals surface area contributed by atoms with Gasteiger partial charge in [0.25, 0.3) is 5.91 Å². The molecule has 0 radical (unpaired) electrons. The second-order valence-corrected chi connectivity index (χ2v) is 9.80. The number of imide groups is 1. The number of carbonyl (C=O) groups excluding carboxylic acids is 2. The highest BCUT2D eigenvalue weighted by atomic mass is 35.5. The van der Waals surface area contributed by atoms with Crippen molar-refractivity contribution in [3.8, 4) is 0 Å². The normalized spacial score (nSPS) is 20.0. The zero-order valence-electron chi connectivity index (χ0n) is 18.2. The molecule has 29 heavy (non-hydrogen) atoms. The topological polar surface area (TPSA) is 43.9 Å². The van der Waals surface area contributed by atoms with Crippen molar-refractivity contribution in [1.82, 2.24) is 14.7 Å². The van der Waals surface area contributed by atoms with E-state index in [1.54, 1.807) is 0 Å². The minimum atomic E-state index is -0.661. The Hall–Kier alpha value is -1.59. The van der Waals surface area contributed by atoms with Gasteiger partial charge in [0.2, 0.25) is 0 Å². The van der Waals surface area contributed by atoms with Gasteiger partial charge in [0, 0.05) is 37.7 Å². The Morgan fingerprint density at radius 2 is 1.76 bits per heavy atom. The highest BCUT2D eigenvalue weighted by Crippen LogP contribution is 2.38. The molecule has 0 N–H and O–H groups in total. The number of likely N-dealkylation sites (tertiary alicyclic amines) is 1. The molecule has 0 aromatic heterocycles. The number of benzene rings is 1. The molecular weight excluding hydrogens is 386 g/mol. The summed E-state index contributed by atoms with van der Waals surface area (Å²) in [7, 11) is 0. The molecule has 2 saturated heterocycles. The van der Waals surface area contributed by atoms with Crippen molar-refractivity contribution < 1.29 is 9.59 Å². The van der Waals surface area contributed by atoms with E-state index in [0.29, 0.717) is 31.8 Å². The predicted molar refractivity (Wildman–Crippen MR) is 117 cm³/mol. The fourth-order valence-corrected chi connectivity index (χ4v) is 4.68. The summed E-state index contributed by atoms with van der Waals surface area (Å²) in [5.41, 5.74) is 0.520. The number of nitrogens with zero attached hydrogens (tertiary/aromatic N) is 3. The fourth-order valence-electron chi connectivity index (χ4n) is 4.46. The lowest BCUT2D eigenvalue weighted by Crippen LogP contribution is -2.56. The lowest BCUT2D eigenvalue weighted by Gasteiger charge is -2.42. The third kappa shape index (κ3) is 4.77. The second kappa shape index (κ2) is 9.05. The smallest absolute Gasteiger partial charge is 0.309 e. The summed E-state index contributed by atoms with van der Waals surface area (Å²) in [6.07, 6.45) is 2.32. The molecule has 0 saturated carbocycles. The molecule has 2 aliphatic heterocycles. The maximum Gasteiger partial charge on any atom is 0.327 e. The Morgan fingerprint density at radius 3 is 2.34 bits per heavy atom. The Balaban J connectivity index is 1.74. The number of rotatable bonds is 7. The van der Waals surface area contributed by atoms with Gasteiger partial charge in [-0.2, -0.15) is 0 Å². The van der Waals surface area contributed by atoms with E-state index < -0.39 is 5.54 Å². The van der Waals surface area contributed by atoms with Crippen LogP contribution in [0, 0.1) is 11.8 Å². The van der Waals surface area contributed by atoms with Crippen LogP contribution in [0.4, 0.5) is 4.79 Å². The number of halogens is 1. The molecule has 3 amide bonds. The predicted octanol–water partition coefficient (Wildman–Crippen LogP) is 4.64. The molecule has 0 bridgehead atoms. The van der Waals surface area contributed by atoms with Crippen LogP contribution in [0.15, 0.2) is 24.3 Å². The van der Waals surface area contributed by atoms with E-state index in [0.717, 1.165) is 31.1 Å². The van der Waals surface area contributed by atoms with Crippen LogP contribution in [0.3, 0.4) is 0 Å². The van der Waals surface area contributed by atoms with Gasteiger partial charge < -0.3 is 4.90 Å². The summed E-state index contributed by atoms with van der Waals surface area (Å²) in [5, 5.41) is 0.747. The van der Waals surface area contributed by atoms with Crippen molar-refractivity contribution >= 4 is 23.5 Å². The van der Waals surface area contributed by atoms with Crippen LogP contribution in [0.5, 0.6) is 0 Å². The monoisotopic (exact) mass is 419 g/mol. The van der Waals surface area contributed by atoms with Crippen LogP contribution in [0.2, 0.25) is 5.02 Å². The van der Waals surface area contributed by atoms with E-state index in [1.807, 2.05) is 23.1 Å². The number of carbonyl (C=O) groups is 2. The first-order valence-corrected chi connectivity index (χ1v) is 11.2. The van der Waals surface area contributed by atoms with E-state index in [-0.39, 0.29) is 17.9 Å². The first-order valence-electron chi connectivity index (χ1n) is 10.8. The molecule has 2 fully saturated rings. The molecule has 1 aromatic carbocycles. The van der Waals surface area contributed by atoms with Gasteiger partial charge in [-0.25, -0.2) is 4.79 Å². The number of hydrogen-bond donors (Lipinski definition) is 0. The zero-order chi connectivity index (χ0) is 21.2. The molecule has 0 aliphatic carbocycles. The van der Waals surface area contributed by atoms with Crippen LogP contribution < -0.4 is 0 Å². The van der Waals surface area contributed by atoms with Gasteiger partial charge in [-0.05, 0) is 48.8 Å². The largest absolute Gasteiger partial charge is 0.327 e. The molecular formula is C23H34ClN3O2. The summed E-state index contributed by atoms with van der Waals surface area (Å²) in [5.74, 6) is 0.785. The van der Waals surface area contributed by atoms with Gasteiger partial charge in [0.15, 0.2) is 0 Å². The number of piperidine rings is 1. The third-order valence-corrected chi connectivity index (χ3v) is 6.31. The van der Waals surface area contributed by atoms with E-state index in [2.05, 4.69) is 38.7 Å². The maximum absolute atomic E-state index is 13.4. The van der Waals surface area contributed by atoms with Gasteiger partial charge in [0.1, 0.15) is 5.54 Å². The first-order chi connectivity index (χ1) is 13.7. The standard InChI is InChI=1S/C23H34ClN3O2/c1-17(2)8-11-27-22(29)26(15-18(3)4)21(28)23(27)9-12-25(13-10-23)16-19-6-5-7-20(24)14-19/h5-7,14,17-18H,8-13,15-16H2,1-4H3. The van der Waals surface area contributed by atoms with Crippen LogP contribution in [-0.2, 0) is 11.3 Å². The second-order valence-electron chi connectivity index (χ2n) is 9.36. The molecule has 5 nitrogen and oxygen atoms in total. The highest BCUT2D eigenvalue weighted by molar-refractivity contribution is 6.30.